The molecular formula is C11H13ClF3N. The Kier molecular flexibility index (Phi) is 4.47. The molecule has 0 fully saturated rings. The average molecular weight is 252 g/mol. The molecule has 1 rings (SSSR count). The molecule has 0 aliphatic rings. The molecule has 0 heterocycles. The Bertz CT molecular complexity index is 345. The zero-order valence-electron chi connectivity index (χ0n) is 8.65. The molecule has 0 spiro atoms. The van der Waals surface area contributed by atoms with Crippen molar-refractivity contribution in [3.05, 3.63) is 28.8 Å². The molecule has 0 atom stereocenters. The van der Waals surface area contributed by atoms with E-state index in [9.17, 15) is 13.2 Å². The average Bonchev–Trinajstić information content (AvgIpc) is 2.31. The van der Waals surface area contributed by atoms with Crippen LogP contribution in [0.25, 0.3) is 0 Å². The molecule has 5 heteroatoms. The van der Waals surface area contributed by atoms with Gasteiger partial charge < -0.3 is 5.73 Å². The summed E-state index contributed by atoms with van der Waals surface area (Å²) in [6, 6.07) is 4.62. The standard InChI is InChI=1S/C11H13ClF3N/c12-9-1-2-10(16)8(3-9)4-11(5-13,6-14)7-15/h1-3H,4-7,16H2. The summed E-state index contributed by atoms with van der Waals surface area (Å²) in [6.45, 7) is -3.19. The Labute approximate surface area is 97.4 Å². The number of hydrogen-bond acceptors (Lipinski definition) is 1. The predicted octanol–water partition coefficient (Wildman–Crippen LogP) is 3.36. The molecule has 16 heavy (non-hydrogen) atoms. The normalized spacial score (nSPS) is 11.8. The van der Waals surface area contributed by atoms with Crippen LogP contribution in [0.5, 0.6) is 0 Å². The van der Waals surface area contributed by atoms with Crippen LogP contribution in [0, 0.1) is 5.41 Å². The summed E-state index contributed by atoms with van der Waals surface area (Å²) >= 11 is 5.74. The molecule has 0 aliphatic carbocycles. The zero-order chi connectivity index (χ0) is 12.2. The van der Waals surface area contributed by atoms with Gasteiger partial charge in [-0.15, -0.1) is 0 Å². The largest absolute Gasteiger partial charge is 0.399 e. The lowest BCUT2D eigenvalue weighted by Crippen LogP contribution is -2.31. The third-order valence-corrected chi connectivity index (χ3v) is 2.76. The molecule has 0 saturated carbocycles. The van der Waals surface area contributed by atoms with E-state index in [-0.39, 0.29) is 6.42 Å². The van der Waals surface area contributed by atoms with Gasteiger partial charge in [-0.25, -0.2) is 0 Å². The first-order valence-corrected chi connectivity index (χ1v) is 5.16. The summed E-state index contributed by atoms with van der Waals surface area (Å²) in [5.41, 5.74) is 4.85. The Hall–Kier alpha value is -0.900. The van der Waals surface area contributed by atoms with E-state index in [2.05, 4.69) is 0 Å². The lowest BCUT2D eigenvalue weighted by Gasteiger charge is -2.24. The Morgan fingerprint density at radius 1 is 1.12 bits per heavy atom. The molecule has 0 unspecified atom stereocenters. The number of benzene rings is 1. The summed E-state index contributed by atoms with van der Waals surface area (Å²) in [5.74, 6) is 0. The second kappa shape index (κ2) is 5.43. The van der Waals surface area contributed by atoms with E-state index in [4.69, 9.17) is 17.3 Å². The van der Waals surface area contributed by atoms with Crippen molar-refractivity contribution in [1.82, 2.24) is 0 Å². The number of nitrogen functional groups attached to an aromatic ring is 1. The summed E-state index contributed by atoms with van der Waals surface area (Å²) in [7, 11) is 0. The van der Waals surface area contributed by atoms with Crippen molar-refractivity contribution in [1.29, 1.82) is 0 Å². The molecular weight excluding hydrogens is 239 g/mol. The molecule has 1 nitrogen and oxygen atoms in total. The minimum Gasteiger partial charge on any atom is -0.399 e. The van der Waals surface area contributed by atoms with Crippen molar-refractivity contribution < 1.29 is 13.2 Å². The second-order valence-corrected chi connectivity index (χ2v) is 4.36. The van der Waals surface area contributed by atoms with Gasteiger partial charge in [-0.05, 0) is 30.2 Å². The number of nitrogens with two attached hydrogens (primary N) is 1. The summed E-state index contributed by atoms with van der Waals surface area (Å²) in [4.78, 5) is 0. The van der Waals surface area contributed by atoms with Gasteiger partial charge in [0.05, 0.1) is 5.41 Å². The van der Waals surface area contributed by atoms with E-state index >= 15 is 0 Å². The van der Waals surface area contributed by atoms with E-state index in [1.807, 2.05) is 0 Å². The van der Waals surface area contributed by atoms with E-state index in [0.29, 0.717) is 16.3 Å². The molecule has 0 aromatic heterocycles. The highest BCUT2D eigenvalue weighted by Gasteiger charge is 2.32. The number of halogens is 4. The van der Waals surface area contributed by atoms with E-state index in [1.165, 1.54) is 12.1 Å². The first-order valence-electron chi connectivity index (χ1n) is 4.79. The van der Waals surface area contributed by atoms with E-state index in [1.54, 1.807) is 6.07 Å². The topological polar surface area (TPSA) is 26.0 Å². The molecule has 90 valence electrons. The van der Waals surface area contributed by atoms with E-state index < -0.39 is 25.4 Å². The minimum absolute atomic E-state index is 0.0944. The number of alkyl halides is 3. The molecule has 1 aromatic rings. The predicted molar refractivity (Wildman–Crippen MR) is 59.9 cm³/mol. The van der Waals surface area contributed by atoms with Crippen molar-refractivity contribution in [2.75, 3.05) is 25.8 Å². The highest BCUT2D eigenvalue weighted by atomic mass is 35.5. The summed E-state index contributed by atoms with van der Waals surface area (Å²) in [5, 5.41) is 0.412. The monoisotopic (exact) mass is 251 g/mol. The summed E-state index contributed by atoms with van der Waals surface area (Å²) < 4.78 is 38.0. The maximum atomic E-state index is 12.7. The molecule has 0 radical (unpaired) electrons. The zero-order valence-corrected chi connectivity index (χ0v) is 9.41. The quantitative estimate of drug-likeness (QED) is 0.798. The van der Waals surface area contributed by atoms with Crippen LogP contribution in [0.15, 0.2) is 18.2 Å². The van der Waals surface area contributed by atoms with Crippen molar-refractivity contribution in [3.8, 4) is 0 Å². The number of anilines is 1. The van der Waals surface area contributed by atoms with Gasteiger partial charge in [-0.3, -0.25) is 13.2 Å². The van der Waals surface area contributed by atoms with Crippen molar-refractivity contribution in [3.63, 3.8) is 0 Å². The Balaban J connectivity index is 2.97. The van der Waals surface area contributed by atoms with Crippen LogP contribution < -0.4 is 5.73 Å². The van der Waals surface area contributed by atoms with Crippen LogP contribution in [0.4, 0.5) is 18.9 Å². The van der Waals surface area contributed by atoms with Crippen LogP contribution in [-0.2, 0) is 6.42 Å². The lowest BCUT2D eigenvalue weighted by molar-refractivity contribution is 0.113. The third-order valence-electron chi connectivity index (χ3n) is 2.52. The van der Waals surface area contributed by atoms with Crippen LogP contribution >= 0.6 is 11.6 Å². The van der Waals surface area contributed by atoms with Gasteiger partial charge in [0.25, 0.3) is 0 Å². The van der Waals surface area contributed by atoms with Gasteiger partial charge in [0.15, 0.2) is 0 Å². The van der Waals surface area contributed by atoms with Gasteiger partial charge in [0.2, 0.25) is 0 Å². The highest BCUT2D eigenvalue weighted by Crippen LogP contribution is 2.29. The second-order valence-electron chi connectivity index (χ2n) is 3.92. The number of rotatable bonds is 5. The van der Waals surface area contributed by atoms with Gasteiger partial charge >= 0.3 is 0 Å². The SMILES string of the molecule is Nc1ccc(Cl)cc1CC(CF)(CF)CF. The molecule has 1 aromatic carbocycles. The first kappa shape index (κ1) is 13.2. The van der Waals surface area contributed by atoms with Gasteiger partial charge in [-0.2, -0.15) is 0 Å². The summed E-state index contributed by atoms with van der Waals surface area (Å²) in [6.07, 6.45) is -0.0944. The van der Waals surface area contributed by atoms with Crippen molar-refractivity contribution >= 4 is 17.3 Å². The van der Waals surface area contributed by atoms with Gasteiger partial charge in [0, 0.05) is 10.7 Å². The first-order chi connectivity index (χ1) is 7.56. The van der Waals surface area contributed by atoms with E-state index in [0.717, 1.165) is 0 Å². The maximum Gasteiger partial charge on any atom is 0.100 e. The minimum atomic E-state index is -1.63. The molecule has 2 N–H and O–H groups in total. The van der Waals surface area contributed by atoms with Crippen molar-refractivity contribution in [2.45, 2.75) is 6.42 Å². The third kappa shape index (κ3) is 2.82. The highest BCUT2D eigenvalue weighted by molar-refractivity contribution is 6.30. The fourth-order valence-electron chi connectivity index (χ4n) is 1.38. The molecule has 0 bridgehead atoms. The smallest absolute Gasteiger partial charge is 0.100 e. The molecule has 0 amide bonds. The Morgan fingerprint density at radius 2 is 1.69 bits per heavy atom. The Morgan fingerprint density at radius 3 is 2.19 bits per heavy atom. The molecule has 0 saturated heterocycles. The lowest BCUT2D eigenvalue weighted by atomic mass is 9.85. The maximum absolute atomic E-state index is 12.7. The van der Waals surface area contributed by atoms with Crippen molar-refractivity contribution in [2.24, 2.45) is 5.41 Å². The fourth-order valence-corrected chi connectivity index (χ4v) is 1.57. The van der Waals surface area contributed by atoms with Crippen LogP contribution in [0.2, 0.25) is 5.02 Å². The van der Waals surface area contributed by atoms with Crippen LogP contribution in [-0.4, -0.2) is 20.0 Å². The number of hydrogen-bond donors (Lipinski definition) is 1. The van der Waals surface area contributed by atoms with Crippen LogP contribution in [0.3, 0.4) is 0 Å². The fraction of sp³-hybridized carbons (Fsp3) is 0.455. The van der Waals surface area contributed by atoms with Gasteiger partial charge in [-0.1, -0.05) is 11.6 Å². The molecule has 0 aliphatic heterocycles. The van der Waals surface area contributed by atoms with Crippen LogP contribution in [0.1, 0.15) is 5.56 Å². The van der Waals surface area contributed by atoms with Gasteiger partial charge in [0.1, 0.15) is 20.0 Å².